The molecule has 0 aromatic carbocycles. The molecule has 2 nitrogen and oxygen atoms in total. The fraction of sp³-hybridized carbons (Fsp3) is 0.960. The molecule has 0 radical (unpaired) electrons. The van der Waals surface area contributed by atoms with Crippen LogP contribution in [0.1, 0.15) is 149 Å². The van der Waals surface area contributed by atoms with Crippen LogP contribution in [-0.4, -0.2) is 11.1 Å². The molecule has 162 valence electrons. The smallest absolute Gasteiger partial charge is 0.306 e. The Morgan fingerprint density at radius 3 is 1.04 bits per heavy atom. The van der Waals surface area contributed by atoms with Crippen LogP contribution >= 0.6 is 0 Å². The summed E-state index contributed by atoms with van der Waals surface area (Å²) < 4.78 is 0. The van der Waals surface area contributed by atoms with E-state index in [9.17, 15) is 9.90 Å². The van der Waals surface area contributed by atoms with Crippen molar-refractivity contribution < 1.29 is 9.90 Å². The van der Waals surface area contributed by atoms with E-state index in [2.05, 4.69) is 13.8 Å². The second-order valence-corrected chi connectivity index (χ2v) is 8.62. The number of carboxylic acid groups (broad SMARTS) is 1. The number of hydrogen-bond donors (Lipinski definition) is 1. The molecule has 0 saturated carbocycles. The molecule has 0 aliphatic heterocycles. The first-order valence-electron chi connectivity index (χ1n) is 12.4. The maximum Gasteiger partial charge on any atom is 0.306 e. The number of unbranched alkanes of at least 4 members (excludes halogenated alkanes) is 17. The Kier molecular flexibility index (Phi) is 21.3. The van der Waals surface area contributed by atoms with E-state index in [0.717, 1.165) is 25.7 Å². The first-order chi connectivity index (χ1) is 13.2. The molecule has 0 heterocycles. The van der Waals surface area contributed by atoms with Crippen LogP contribution in [-0.2, 0) is 4.79 Å². The topological polar surface area (TPSA) is 37.3 Å². The Morgan fingerprint density at radius 2 is 0.778 bits per heavy atom. The highest BCUT2D eigenvalue weighted by molar-refractivity contribution is 5.69. The van der Waals surface area contributed by atoms with Gasteiger partial charge in [-0.25, -0.2) is 0 Å². The molecule has 0 saturated heterocycles. The highest BCUT2D eigenvalue weighted by Gasteiger charge is 2.16. The maximum atomic E-state index is 11.5. The van der Waals surface area contributed by atoms with Gasteiger partial charge in [-0.3, -0.25) is 4.79 Å². The van der Waals surface area contributed by atoms with Gasteiger partial charge in [0.1, 0.15) is 0 Å². The largest absolute Gasteiger partial charge is 0.481 e. The Labute approximate surface area is 170 Å². The van der Waals surface area contributed by atoms with Crippen molar-refractivity contribution in [2.24, 2.45) is 5.92 Å². The van der Waals surface area contributed by atoms with Gasteiger partial charge < -0.3 is 5.11 Å². The molecule has 0 aromatic rings. The number of hydrogen-bond acceptors (Lipinski definition) is 1. The summed E-state index contributed by atoms with van der Waals surface area (Å²) >= 11 is 0. The van der Waals surface area contributed by atoms with Crippen LogP contribution in [0.2, 0.25) is 0 Å². The number of rotatable bonds is 22. The van der Waals surface area contributed by atoms with Gasteiger partial charge in [-0.15, -0.1) is 0 Å². The number of aliphatic carboxylic acids is 1. The van der Waals surface area contributed by atoms with Gasteiger partial charge >= 0.3 is 5.97 Å². The zero-order valence-electron chi connectivity index (χ0n) is 18.8. The van der Waals surface area contributed by atoms with E-state index < -0.39 is 5.97 Å². The second-order valence-electron chi connectivity index (χ2n) is 8.62. The minimum Gasteiger partial charge on any atom is -0.481 e. The monoisotopic (exact) mass is 382 g/mol. The lowest BCUT2D eigenvalue weighted by Gasteiger charge is -2.12. The molecule has 0 aliphatic rings. The first-order valence-corrected chi connectivity index (χ1v) is 12.4. The van der Waals surface area contributed by atoms with Crippen molar-refractivity contribution in [1.29, 1.82) is 0 Å². The fourth-order valence-electron chi connectivity index (χ4n) is 3.97. The molecule has 0 fully saturated rings. The van der Waals surface area contributed by atoms with Gasteiger partial charge in [-0.2, -0.15) is 0 Å². The normalized spacial score (nSPS) is 12.4. The van der Waals surface area contributed by atoms with Crippen LogP contribution in [0.4, 0.5) is 0 Å². The molecule has 0 spiro atoms. The van der Waals surface area contributed by atoms with E-state index in [0.29, 0.717) is 0 Å². The zero-order chi connectivity index (χ0) is 20.0. The van der Waals surface area contributed by atoms with Crippen molar-refractivity contribution in [3.05, 3.63) is 0 Å². The quantitative estimate of drug-likeness (QED) is 0.190. The molecule has 0 amide bonds. The molecule has 0 bridgehead atoms. The average Bonchev–Trinajstić information content (AvgIpc) is 2.66. The summed E-state index contributed by atoms with van der Waals surface area (Å²) in [4.78, 5) is 11.5. The van der Waals surface area contributed by atoms with Gasteiger partial charge in [-0.05, 0) is 12.8 Å². The summed E-state index contributed by atoms with van der Waals surface area (Å²) in [5.41, 5.74) is 0. The highest BCUT2D eigenvalue weighted by atomic mass is 16.4. The maximum absolute atomic E-state index is 11.5. The van der Waals surface area contributed by atoms with Gasteiger partial charge in [0.25, 0.3) is 0 Å². The third kappa shape index (κ3) is 20.0. The van der Waals surface area contributed by atoms with E-state index in [1.165, 1.54) is 109 Å². The van der Waals surface area contributed by atoms with Crippen LogP contribution in [0, 0.1) is 5.92 Å². The molecular formula is C25H50O2. The zero-order valence-corrected chi connectivity index (χ0v) is 18.8. The van der Waals surface area contributed by atoms with E-state index in [-0.39, 0.29) is 5.92 Å². The Bertz CT molecular complexity index is 301. The Morgan fingerprint density at radius 1 is 0.519 bits per heavy atom. The lowest BCUT2D eigenvalue weighted by atomic mass is 9.94. The standard InChI is InChI=1S/C25H50O2/c1-3-5-7-9-11-13-15-17-19-21-23-24(25(26)27)22-20-18-16-14-12-10-8-6-4-2/h24H,3-23H2,1-2H3,(H,26,27). The number of carbonyl (C=O) groups is 1. The van der Waals surface area contributed by atoms with Crippen LogP contribution in [0.5, 0.6) is 0 Å². The van der Waals surface area contributed by atoms with Crippen molar-refractivity contribution >= 4 is 5.97 Å². The average molecular weight is 383 g/mol. The van der Waals surface area contributed by atoms with Crippen molar-refractivity contribution in [3.63, 3.8) is 0 Å². The van der Waals surface area contributed by atoms with Crippen molar-refractivity contribution in [2.45, 2.75) is 149 Å². The predicted octanol–water partition coefficient (Wildman–Crippen LogP) is 8.92. The molecule has 1 atom stereocenters. The van der Waals surface area contributed by atoms with Crippen LogP contribution < -0.4 is 0 Å². The van der Waals surface area contributed by atoms with Gasteiger partial charge in [0, 0.05) is 0 Å². The van der Waals surface area contributed by atoms with Gasteiger partial charge in [0.15, 0.2) is 0 Å². The molecule has 0 rings (SSSR count). The summed E-state index contributed by atoms with van der Waals surface area (Å²) in [6.07, 6.45) is 26.7. The van der Waals surface area contributed by atoms with E-state index in [4.69, 9.17) is 0 Å². The molecule has 0 aliphatic carbocycles. The third-order valence-electron chi connectivity index (χ3n) is 5.91. The molecule has 2 heteroatoms. The lowest BCUT2D eigenvalue weighted by molar-refractivity contribution is -0.142. The second kappa shape index (κ2) is 21.8. The van der Waals surface area contributed by atoms with E-state index >= 15 is 0 Å². The molecule has 1 N–H and O–H groups in total. The summed E-state index contributed by atoms with van der Waals surface area (Å²) in [7, 11) is 0. The van der Waals surface area contributed by atoms with Crippen molar-refractivity contribution in [2.75, 3.05) is 0 Å². The summed E-state index contributed by atoms with van der Waals surface area (Å²) in [5.74, 6) is -0.658. The number of carboxylic acids is 1. The Balaban J connectivity index is 3.46. The highest BCUT2D eigenvalue weighted by Crippen LogP contribution is 2.20. The third-order valence-corrected chi connectivity index (χ3v) is 5.91. The summed E-state index contributed by atoms with van der Waals surface area (Å²) in [6, 6.07) is 0. The van der Waals surface area contributed by atoms with Gasteiger partial charge in [-0.1, -0.05) is 136 Å². The van der Waals surface area contributed by atoms with Crippen LogP contribution in [0.3, 0.4) is 0 Å². The first kappa shape index (κ1) is 26.5. The summed E-state index contributed by atoms with van der Waals surface area (Å²) in [5, 5.41) is 9.44. The van der Waals surface area contributed by atoms with Crippen molar-refractivity contribution in [1.82, 2.24) is 0 Å². The minimum atomic E-state index is -0.564. The van der Waals surface area contributed by atoms with E-state index in [1.807, 2.05) is 0 Å². The SMILES string of the molecule is CCCCCCCCCCCCC(CCCCCCCCCCC)C(=O)O. The Hall–Kier alpha value is -0.530. The van der Waals surface area contributed by atoms with Crippen molar-refractivity contribution in [3.8, 4) is 0 Å². The molecule has 0 aromatic heterocycles. The van der Waals surface area contributed by atoms with Crippen LogP contribution in [0.25, 0.3) is 0 Å². The molecule has 27 heavy (non-hydrogen) atoms. The predicted molar refractivity (Wildman–Crippen MR) is 119 cm³/mol. The van der Waals surface area contributed by atoms with E-state index in [1.54, 1.807) is 0 Å². The van der Waals surface area contributed by atoms with Gasteiger partial charge in [0.2, 0.25) is 0 Å². The minimum absolute atomic E-state index is 0.0939. The van der Waals surface area contributed by atoms with Gasteiger partial charge in [0.05, 0.1) is 5.92 Å². The van der Waals surface area contributed by atoms with Crippen LogP contribution in [0.15, 0.2) is 0 Å². The molecular weight excluding hydrogens is 332 g/mol. The summed E-state index contributed by atoms with van der Waals surface area (Å²) in [6.45, 7) is 4.52. The molecule has 1 unspecified atom stereocenters. The fourth-order valence-corrected chi connectivity index (χ4v) is 3.97. The lowest BCUT2D eigenvalue weighted by Crippen LogP contribution is -2.13.